The fourth-order valence-corrected chi connectivity index (χ4v) is 2.18. The van der Waals surface area contributed by atoms with E-state index in [0.29, 0.717) is 18.1 Å². The Labute approximate surface area is 103 Å². The molecule has 0 amide bonds. The van der Waals surface area contributed by atoms with Crippen molar-refractivity contribution in [2.24, 2.45) is 13.0 Å². The summed E-state index contributed by atoms with van der Waals surface area (Å²) in [7, 11) is 1.89. The maximum absolute atomic E-state index is 5.75. The summed E-state index contributed by atoms with van der Waals surface area (Å²) in [5.41, 5.74) is 0. The largest absolute Gasteiger partial charge is 0.378 e. The molecule has 1 aromatic rings. The average molecular weight is 238 g/mol. The van der Waals surface area contributed by atoms with Gasteiger partial charge in [-0.25, -0.2) is 4.98 Å². The lowest BCUT2D eigenvalue weighted by Gasteiger charge is -2.32. The predicted molar refractivity (Wildman–Crippen MR) is 65.4 cm³/mol. The Balaban J connectivity index is 1.79. The molecule has 0 aromatic carbocycles. The van der Waals surface area contributed by atoms with Crippen molar-refractivity contribution >= 4 is 0 Å². The van der Waals surface area contributed by atoms with Gasteiger partial charge < -0.3 is 10.1 Å². The Morgan fingerprint density at radius 2 is 2.41 bits per heavy atom. The summed E-state index contributed by atoms with van der Waals surface area (Å²) < 4.78 is 7.48. The lowest BCUT2D eigenvalue weighted by Crippen LogP contribution is -2.40. The quantitative estimate of drug-likeness (QED) is 0.853. The van der Waals surface area contributed by atoms with E-state index in [-0.39, 0.29) is 0 Å². The molecule has 1 aliphatic rings. The van der Waals surface area contributed by atoms with E-state index in [2.05, 4.69) is 29.2 Å². The molecule has 0 bridgehead atoms. The third-order valence-corrected chi connectivity index (χ3v) is 3.25. The molecule has 1 saturated heterocycles. The van der Waals surface area contributed by atoms with E-state index in [4.69, 9.17) is 4.74 Å². The molecular weight excluding hydrogens is 216 g/mol. The van der Waals surface area contributed by atoms with Gasteiger partial charge >= 0.3 is 0 Å². The van der Waals surface area contributed by atoms with Gasteiger partial charge in [-0.2, -0.15) is 5.10 Å². The monoisotopic (exact) mass is 238 g/mol. The maximum atomic E-state index is 5.75. The smallest absolute Gasteiger partial charge is 0.164 e. The first-order valence-corrected chi connectivity index (χ1v) is 6.34. The molecule has 0 saturated carbocycles. The lowest BCUT2D eigenvalue weighted by molar-refractivity contribution is -0.0246. The highest BCUT2D eigenvalue weighted by atomic mass is 16.5. The molecule has 1 aromatic heterocycles. The molecule has 5 nitrogen and oxygen atoms in total. The fourth-order valence-electron chi connectivity index (χ4n) is 2.18. The zero-order valence-corrected chi connectivity index (χ0v) is 10.9. The molecule has 5 heteroatoms. The van der Waals surface area contributed by atoms with E-state index < -0.39 is 0 Å². The number of nitrogens with one attached hydrogen (secondary N) is 1. The number of rotatable bonds is 4. The van der Waals surface area contributed by atoms with Gasteiger partial charge in [-0.15, -0.1) is 0 Å². The topological polar surface area (TPSA) is 52.0 Å². The molecular formula is C12H22N4O. The van der Waals surface area contributed by atoms with Crippen molar-refractivity contribution in [3.8, 4) is 0 Å². The van der Waals surface area contributed by atoms with Crippen molar-refractivity contribution in [3.05, 3.63) is 12.2 Å². The van der Waals surface area contributed by atoms with Crippen LogP contribution in [0.5, 0.6) is 0 Å². The molecule has 17 heavy (non-hydrogen) atoms. The van der Waals surface area contributed by atoms with E-state index in [1.165, 1.54) is 0 Å². The first-order valence-electron chi connectivity index (χ1n) is 6.34. The van der Waals surface area contributed by atoms with Crippen molar-refractivity contribution in [3.63, 3.8) is 0 Å². The first-order chi connectivity index (χ1) is 8.15. The normalized spacial score (nSPS) is 25.4. The van der Waals surface area contributed by atoms with Crippen molar-refractivity contribution in [2.75, 3.05) is 6.61 Å². The first kappa shape index (κ1) is 12.5. The Hall–Kier alpha value is -0.940. The summed E-state index contributed by atoms with van der Waals surface area (Å²) in [5, 5.41) is 7.78. The van der Waals surface area contributed by atoms with E-state index in [1.807, 2.05) is 7.05 Å². The molecule has 0 spiro atoms. The Bertz CT molecular complexity index is 350. The van der Waals surface area contributed by atoms with Gasteiger partial charge in [0.15, 0.2) is 5.82 Å². The maximum Gasteiger partial charge on any atom is 0.164 e. The van der Waals surface area contributed by atoms with E-state index >= 15 is 0 Å². The van der Waals surface area contributed by atoms with Crippen LogP contribution in [-0.4, -0.2) is 33.5 Å². The minimum Gasteiger partial charge on any atom is -0.378 e. The highest BCUT2D eigenvalue weighted by molar-refractivity contribution is 4.84. The van der Waals surface area contributed by atoms with Crippen LogP contribution in [-0.2, 0) is 18.3 Å². The number of nitrogens with zero attached hydrogens (tertiary/aromatic N) is 3. The number of hydrogen-bond acceptors (Lipinski definition) is 4. The van der Waals surface area contributed by atoms with Crippen molar-refractivity contribution in [2.45, 2.75) is 45.4 Å². The summed E-state index contributed by atoms with van der Waals surface area (Å²) in [6, 6.07) is 0.528. The number of aromatic nitrogens is 3. The second-order valence-corrected chi connectivity index (χ2v) is 5.09. The summed E-state index contributed by atoms with van der Waals surface area (Å²) in [6.45, 7) is 6.03. The molecule has 96 valence electrons. The molecule has 2 heterocycles. The Morgan fingerprint density at radius 1 is 1.59 bits per heavy atom. The number of ether oxygens (including phenoxy) is 1. The Morgan fingerprint density at radius 3 is 3.06 bits per heavy atom. The third kappa shape index (κ3) is 3.51. The predicted octanol–water partition coefficient (Wildman–Crippen LogP) is 1.11. The van der Waals surface area contributed by atoms with Gasteiger partial charge in [-0.3, -0.25) is 4.68 Å². The van der Waals surface area contributed by atoms with Crippen LogP contribution in [0.3, 0.4) is 0 Å². The molecule has 2 atom stereocenters. The van der Waals surface area contributed by atoms with Crippen LogP contribution in [0.25, 0.3) is 0 Å². The van der Waals surface area contributed by atoms with Gasteiger partial charge in [0.1, 0.15) is 6.33 Å². The summed E-state index contributed by atoms with van der Waals surface area (Å²) in [4.78, 5) is 4.21. The van der Waals surface area contributed by atoms with E-state index in [0.717, 1.165) is 31.8 Å². The van der Waals surface area contributed by atoms with Crippen LogP contribution in [0.4, 0.5) is 0 Å². The third-order valence-electron chi connectivity index (χ3n) is 3.25. The SMILES string of the molecule is CC(C)C1CC(NCc2ncn(C)n2)CCO1. The Kier molecular flexibility index (Phi) is 4.12. The molecule has 0 radical (unpaired) electrons. The van der Waals surface area contributed by atoms with Crippen molar-refractivity contribution < 1.29 is 4.74 Å². The highest BCUT2D eigenvalue weighted by Crippen LogP contribution is 2.20. The van der Waals surface area contributed by atoms with E-state index in [1.54, 1.807) is 11.0 Å². The standard InChI is InChI=1S/C12H22N4O/c1-9(2)11-6-10(4-5-17-11)13-7-12-14-8-16(3)15-12/h8-11,13H,4-7H2,1-3H3. The number of hydrogen-bond donors (Lipinski definition) is 1. The minimum absolute atomic E-state index is 0.387. The van der Waals surface area contributed by atoms with Crippen LogP contribution >= 0.6 is 0 Å². The lowest BCUT2D eigenvalue weighted by atomic mass is 9.95. The van der Waals surface area contributed by atoms with E-state index in [9.17, 15) is 0 Å². The second-order valence-electron chi connectivity index (χ2n) is 5.09. The van der Waals surface area contributed by atoms with Crippen LogP contribution < -0.4 is 5.32 Å². The molecule has 2 rings (SSSR count). The molecule has 2 unspecified atom stereocenters. The van der Waals surface area contributed by atoms with Gasteiger partial charge in [0.05, 0.1) is 12.6 Å². The van der Waals surface area contributed by atoms with Gasteiger partial charge in [-0.1, -0.05) is 13.8 Å². The van der Waals surface area contributed by atoms with Gasteiger partial charge in [-0.05, 0) is 18.8 Å². The highest BCUT2D eigenvalue weighted by Gasteiger charge is 2.24. The summed E-state index contributed by atoms with van der Waals surface area (Å²) >= 11 is 0. The second kappa shape index (κ2) is 5.60. The molecule has 1 N–H and O–H groups in total. The zero-order chi connectivity index (χ0) is 12.3. The fraction of sp³-hybridized carbons (Fsp3) is 0.833. The van der Waals surface area contributed by atoms with Gasteiger partial charge in [0, 0.05) is 19.7 Å². The summed E-state index contributed by atoms with van der Waals surface area (Å²) in [6.07, 6.45) is 4.29. The van der Waals surface area contributed by atoms with Crippen molar-refractivity contribution in [1.82, 2.24) is 20.1 Å². The van der Waals surface area contributed by atoms with Crippen LogP contribution in [0.15, 0.2) is 6.33 Å². The average Bonchev–Trinajstić information content (AvgIpc) is 2.73. The zero-order valence-electron chi connectivity index (χ0n) is 10.9. The van der Waals surface area contributed by atoms with Crippen LogP contribution in [0, 0.1) is 5.92 Å². The van der Waals surface area contributed by atoms with Crippen molar-refractivity contribution in [1.29, 1.82) is 0 Å². The number of aryl methyl sites for hydroxylation is 1. The van der Waals surface area contributed by atoms with Crippen LogP contribution in [0.2, 0.25) is 0 Å². The molecule has 1 fully saturated rings. The van der Waals surface area contributed by atoms with Crippen LogP contribution in [0.1, 0.15) is 32.5 Å². The minimum atomic E-state index is 0.387. The molecule has 0 aliphatic carbocycles. The summed E-state index contributed by atoms with van der Waals surface area (Å²) in [5.74, 6) is 1.45. The van der Waals surface area contributed by atoms with Gasteiger partial charge in [0.25, 0.3) is 0 Å². The van der Waals surface area contributed by atoms with Gasteiger partial charge in [0.2, 0.25) is 0 Å². The molecule has 1 aliphatic heterocycles.